The number of rotatable bonds is 4. The van der Waals surface area contributed by atoms with Crippen LogP contribution in [0.1, 0.15) is 63.5 Å². The van der Waals surface area contributed by atoms with Gasteiger partial charge in [-0.05, 0) is 123 Å². The van der Waals surface area contributed by atoms with Gasteiger partial charge in [-0.15, -0.1) is 0 Å². The lowest BCUT2D eigenvalue weighted by Crippen LogP contribution is -2.33. The van der Waals surface area contributed by atoms with Gasteiger partial charge in [-0.25, -0.2) is 16.8 Å². The van der Waals surface area contributed by atoms with Crippen molar-refractivity contribution in [2.45, 2.75) is 96.1 Å². The van der Waals surface area contributed by atoms with Gasteiger partial charge in [0.25, 0.3) is 0 Å². The third-order valence-electron chi connectivity index (χ3n) is 11.0. The molecule has 0 bridgehead atoms. The lowest BCUT2D eigenvalue weighted by molar-refractivity contribution is 0.402. The molecule has 8 nitrogen and oxygen atoms in total. The van der Waals surface area contributed by atoms with Crippen molar-refractivity contribution in [3.63, 3.8) is 0 Å². The van der Waals surface area contributed by atoms with Crippen LogP contribution in [0.3, 0.4) is 0 Å². The third kappa shape index (κ3) is 6.59. The van der Waals surface area contributed by atoms with E-state index in [1.165, 1.54) is 0 Å². The SMILES string of the molecule is CC1CNCC(C)[C@@H]2Nc3ccc(S(=O)(=O)c4ccccc4)cc3[C@H]12.CC1C[C@H]2Nc3ccc(S(=O)(=O)c4ccccc4)cc3[C@@H]2CC(C)N1. The molecule has 264 valence electrons. The van der Waals surface area contributed by atoms with Crippen molar-refractivity contribution in [2.24, 2.45) is 11.8 Å². The van der Waals surface area contributed by atoms with E-state index in [2.05, 4.69) is 49.0 Å². The van der Waals surface area contributed by atoms with Gasteiger partial charge in [-0.1, -0.05) is 50.2 Å². The Kier molecular flexibility index (Phi) is 9.58. The standard InChI is InChI=1S/2C20H24N2O2S/c1-13-11-21-12-14(2)20-19(13)17-10-16(8-9-18(17)22-20)25(23,24)15-6-4-3-5-7-15;1-13-10-17-18-12-16(25(23,24)15-6-4-3-5-7-15)8-9-19(18)22-20(17)11-14(2)21-13/h3-10,13-14,19-22H,11-12H2,1-2H3;3-9,12-14,17,20-22H,10-11H2,1-2H3/t13?,14?,19-,20-;13?,14?,17-,20+/m00/s1. The van der Waals surface area contributed by atoms with Crippen LogP contribution in [0, 0.1) is 11.8 Å². The maximum atomic E-state index is 13.0. The summed E-state index contributed by atoms with van der Waals surface area (Å²) in [5, 5.41) is 14.4. The van der Waals surface area contributed by atoms with Gasteiger partial charge in [0.2, 0.25) is 19.7 Å². The van der Waals surface area contributed by atoms with E-state index < -0.39 is 19.7 Å². The maximum Gasteiger partial charge on any atom is 0.206 e. The van der Waals surface area contributed by atoms with Crippen molar-refractivity contribution in [1.82, 2.24) is 10.6 Å². The van der Waals surface area contributed by atoms with Gasteiger partial charge in [0, 0.05) is 47.4 Å². The zero-order valence-corrected chi connectivity index (χ0v) is 30.8. The highest BCUT2D eigenvalue weighted by molar-refractivity contribution is 7.91. The molecule has 0 aliphatic carbocycles. The number of fused-ring (bicyclic) bond motifs is 6. The number of benzene rings is 4. The van der Waals surface area contributed by atoms with E-state index in [0.29, 0.717) is 67.4 Å². The quantitative estimate of drug-likeness (QED) is 0.182. The van der Waals surface area contributed by atoms with Crippen LogP contribution in [0.5, 0.6) is 0 Å². The highest BCUT2D eigenvalue weighted by Gasteiger charge is 2.41. The van der Waals surface area contributed by atoms with Gasteiger partial charge in [0.05, 0.1) is 19.6 Å². The third-order valence-corrected chi connectivity index (χ3v) is 14.5. The molecule has 0 aromatic heterocycles. The maximum absolute atomic E-state index is 13.0. The lowest BCUT2D eigenvalue weighted by atomic mass is 9.81. The second-order valence-electron chi connectivity index (χ2n) is 14.7. The minimum atomic E-state index is -3.48. The Balaban J connectivity index is 0.000000157. The summed E-state index contributed by atoms with van der Waals surface area (Å²) in [4.78, 5) is 1.47. The first kappa shape index (κ1) is 34.7. The molecule has 4 aliphatic rings. The number of anilines is 2. The Bertz CT molecular complexity index is 2060. The molecule has 0 radical (unpaired) electrons. The van der Waals surface area contributed by atoms with E-state index in [-0.39, 0.29) is 0 Å². The molecule has 8 atom stereocenters. The van der Waals surface area contributed by atoms with E-state index in [4.69, 9.17) is 0 Å². The second-order valence-corrected chi connectivity index (χ2v) is 18.6. The average molecular weight is 713 g/mol. The van der Waals surface area contributed by atoms with E-state index in [0.717, 1.165) is 48.4 Å². The normalized spacial score (nSPS) is 28.6. The van der Waals surface area contributed by atoms with E-state index in [1.807, 2.05) is 36.4 Å². The Morgan fingerprint density at radius 1 is 0.560 bits per heavy atom. The fourth-order valence-electron chi connectivity index (χ4n) is 8.56. The first-order chi connectivity index (χ1) is 23.9. The fourth-order valence-corrected chi connectivity index (χ4v) is 11.2. The molecule has 4 aromatic carbocycles. The summed E-state index contributed by atoms with van der Waals surface area (Å²) in [6, 6.07) is 30.1. The predicted octanol–water partition coefficient (Wildman–Crippen LogP) is 6.83. The molecular formula is C40H48N4O4S2. The molecule has 4 N–H and O–H groups in total. The Labute approximate surface area is 297 Å². The number of hydrogen-bond acceptors (Lipinski definition) is 8. The molecule has 2 saturated heterocycles. The molecule has 4 aromatic rings. The minimum absolute atomic E-state index is 0.339. The topological polar surface area (TPSA) is 116 Å². The van der Waals surface area contributed by atoms with E-state index >= 15 is 0 Å². The van der Waals surface area contributed by atoms with Crippen molar-refractivity contribution in [1.29, 1.82) is 0 Å². The van der Waals surface area contributed by atoms with Crippen LogP contribution >= 0.6 is 0 Å². The van der Waals surface area contributed by atoms with Gasteiger partial charge < -0.3 is 21.3 Å². The van der Waals surface area contributed by atoms with Crippen molar-refractivity contribution in [3.8, 4) is 0 Å². The highest BCUT2D eigenvalue weighted by Crippen LogP contribution is 2.46. The summed E-state index contributed by atoms with van der Waals surface area (Å²) in [5.74, 6) is 1.65. The van der Waals surface area contributed by atoms with Gasteiger partial charge in [0.15, 0.2) is 0 Å². The highest BCUT2D eigenvalue weighted by atomic mass is 32.2. The van der Waals surface area contributed by atoms with Crippen LogP contribution in [0.4, 0.5) is 11.4 Å². The molecule has 2 fully saturated rings. The van der Waals surface area contributed by atoms with Crippen molar-refractivity contribution >= 4 is 31.0 Å². The second kappa shape index (κ2) is 13.8. The molecule has 0 saturated carbocycles. The van der Waals surface area contributed by atoms with E-state index in [1.54, 1.807) is 60.7 Å². The van der Waals surface area contributed by atoms with Gasteiger partial charge in [0.1, 0.15) is 0 Å². The molecule has 50 heavy (non-hydrogen) atoms. The summed E-state index contributed by atoms with van der Waals surface area (Å²) >= 11 is 0. The van der Waals surface area contributed by atoms with Crippen LogP contribution < -0.4 is 21.3 Å². The first-order valence-corrected chi connectivity index (χ1v) is 20.8. The average Bonchev–Trinajstić information content (AvgIpc) is 3.57. The number of nitrogens with one attached hydrogen (secondary N) is 4. The zero-order valence-electron chi connectivity index (χ0n) is 29.1. The number of hydrogen-bond donors (Lipinski definition) is 4. The molecular weight excluding hydrogens is 665 g/mol. The first-order valence-electron chi connectivity index (χ1n) is 17.8. The summed E-state index contributed by atoms with van der Waals surface area (Å²) in [6.45, 7) is 10.9. The van der Waals surface area contributed by atoms with Crippen LogP contribution in [-0.4, -0.2) is 54.1 Å². The number of sulfone groups is 2. The van der Waals surface area contributed by atoms with Crippen LogP contribution in [0.15, 0.2) is 117 Å². The molecule has 4 heterocycles. The van der Waals surface area contributed by atoms with Gasteiger partial charge in [-0.3, -0.25) is 0 Å². The zero-order chi connectivity index (χ0) is 35.2. The van der Waals surface area contributed by atoms with Crippen molar-refractivity contribution in [2.75, 3.05) is 23.7 Å². The minimum Gasteiger partial charge on any atom is -0.381 e. The Morgan fingerprint density at radius 2 is 1.08 bits per heavy atom. The van der Waals surface area contributed by atoms with E-state index in [9.17, 15) is 16.8 Å². The molecule has 10 heteroatoms. The van der Waals surface area contributed by atoms with Crippen LogP contribution in [-0.2, 0) is 19.7 Å². The summed E-state index contributed by atoms with van der Waals surface area (Å²) in [7, 11) is -6.96. The van der Waals surface area contributed by atoms with Crippen LogP contribution in [0.2, 0.25) is 0 Å². The van der Waals surface area contributed by atoms with Crippen molar-refractivity contribution < 1.29 is 16.8 Å². The largest absolute Gasteiger partial charge is 0.381 e. The fraction of sp³-hybridized carbons (Fsp3) is 0.400. The lowest BCUT2D eigenvalue weighted by Gasteiger charge is -2.26. The molecule has 4 unspecified atom stereocenters. The summed E-state index contributed by atoms with van der Waals surface area (Å²) in [5.41, 5.74) is 4.46. The summed E-state index contributed by atoms with van der Waals surface area (Å²) < 4.78 is 51.8. The molecule has 0 spiro atoms. The predicted molar refractivity (Wildman–Crippen MR) is 199 cm³/mol. The van der Waals surface area contributed by atoms with Crippen LogP contribution in [0.25, 0.3) is 0 Å². The molecule has 8 rings (SSSR count). The smallest absolute Gasteiger partial charge is 0.206 e. The molecule has 4 aliphatic heterocycles. The Hall–Kier alpha value is -3.70. The van der Waals surface area contributed by atoms with Gasteiger partial charge >= 0.3 is 0 Å². The van der Waals surface area contributed by atoms with Gasteiger partial charge in [-0.2, -0.15) is 0 Å². The summed E-state index contributed by atoms with van der Waals surface area (Å²) in [6.07, 6.45) is 2.06. The monoisotopic (exact) mass is 712 g/mol. The Morgan fingerprint density at radius 3 is 1.68 bits per heavy atom. The molecule has 0 amide bonds. The van der Waals surface area contributed by atoms with Crippen molar-refractivity contribution in [3.05, 3.63) is 108 Å².